The van der Waals surface area contributed by atoms with Crippen molar-refractivity contribution >= 4 is 11.9 Å². The van der Waals surface area contributed by atoms with Crippen LogP contribution in [0.25, 0.3) is 11.1 Å². The van der Waals surface area contributed by atoms with Crippen LogP contribution in [0.4, 0.5) is 0 Å². The Kier molecular flexibility index (Phi) is 9.13. The first-order valence-corrected chi connectivity index (χ1v) is 14.6. The van der Waals surface area contributed by atoms with Crippen molar-refractivity contribution in [3.05, 3.63) is 70.8 Å². The smallest absolute Gasteiger partial charge is 0.338 e. The van der Waals surface area contributed by atoms with Crippen LogP contribution in [-0.4, -0.2) is 47.2 Å². The highest BCUT2D eigenvalue weighted by Crippen LogP contribution is 2.60. The number of hydrogen-bond donors (Lipinski definition) is 0. The molecule has 4 atom stereocenters. The van der Waals surface area contributed by atoms with Crippen molar-refractivity contribution in [3.8, 4) is 45.6 Å². The molecule has 0 N–H and O–H groups in total. The van der Waals surface area contributed by atoms with Crippen LogP contribution in [0.2, 0.25) is 0 Å². The fourth-order valence-electron chi connectivity index (χ4n) is 5.91. The lowest BCUT2D eigenvalue weighted by Crippen LogP contribution is -2.31. The van der Waals surface area contributed by atoms with Crippen molar-refractivity contribution in [3.63, 3.8) is 0 Å². The molecule has 238 valence electrons. The van der Waals surface area contributed by atoms with Gasteiger partial charge in [0.1, 0.15) is 12.2 Å². The molecule has 0 unspecified atom stereocenters. The predicted octanol–water partition coefficient (Wildman–Crippen LogP) is 6.85. The molecule has 0 aromatic heterocycles. The molecule has 0 fully saturated rings. The van der Waals surface area contributed by atoms with E-state index in [1.165, 1.54) is 28.4 Å². The minimum absolute atomic E-state index is 0.0200. The number of ether oxygens (including phenoxy) is 8. The number of esters is 2. The number of benzene rings is 3. The molecule has 10 nitrogen and oxygen atoms in total. The second kappa shape index (κ2) is 13.0. The van der Waals surface area contributed by atoms with Gasteiger partial charge in [-0.15, -0.1) is 0 Å². The number of hydrogen-bond acceptors (Lipinski definition) is 10. The van der Waals surface area contributed by atoms with E-state index in [1.807, 2.05) is 26.0 Å². The summed E-state index contributed by atoms with van der Waals surface area (Å²) in [4.78, 5) is 27.0. The Balaban J connectivity index is 1.89. The zero-order chi connectivity index (χ0) is 32.4. The average molecular weight is 619 g/mol. The highest BCUT2D eigenvalue weighted by Gasteiger charge is 2.44. The van der Waals surface area contributed by atoms with E-state index >= 15 is 0 Å². The Morgan fingerprint density at radius 2 is 1.38 bits per heavy atom. The quantitative estimate of drug-likeness (QED) is 0.196. The van der Waals surface area contributed by atoms with Crippen LogP contribution in [0.5, 0.6) is 34.5 Å². The monoisotopic (exact) mass is 618 g/mol. The molecule has 0 radical (unpaired) electrons. The van der Waals surface area contributed by atoms with Crippen molar-refractivity contribution in [2.24, 2.45) is 11.8 Å². The number of carbonyl (C=O) groups is 2. The summed E-state index contributed by atoms with van der Waals surface area (Å²) in [5.41, 5.74) is 3.05. The van der Waals surface area contributed by atoms with Gasteiger partial charge < -0.3 is 37.9 Å². The van der Waals surface area contributed by atoms with Gasteiger partial charge in [-0.2, -0.15) is 0 Å². The fourth-order valence-corrected chi connectivity index (χ4v) is 5.91. The molecular weight excluding hydrogens is 580 g/mol. The van der Waals surface area contributed by atoms with Crippen LogP contribution in [0, 0.1) is 11.8 Å². The number of rotatable bonds is 8. The molecule has 0 saturated heterocycles. The first-order valence-electron chi connectivity index (χ1n) is 14.6. The molecule has 45 heavy (non-hydrogen) atoms. The lowest BCUT2D eigenvalue weighted by Gasteiger charge is -2.39. The van der Waals surface area contributed by atoms with Crippen molar-refractivity contribution in [2.75, 3.05) is 35.2 Å². The standard InChI is InChI=1S/C35H38O10/c1-9-18(2)34(36)44-28-19(3)20(4)29(45-35(37)21-13-11-10-12-14-21)23-16-25-31(43-17-42-25)33(41-8)27(23)26-22(28)15-24(38-5)30(39-6)32(26)40-7/h9-16,19-20,28-29H,17H2,1-8H3/b18-9+/t19-,20-,28-,29-/m1/s1. The zero-order valence-corrected chi connectivity index (χ0v) is 26.7. The van der Waals surface area contributed by atoms with E-state index in [4.69, 9.17) is 37.9 Å². The number of allylic oxidation sites excluding steroid dienone is 1. The Morgan fingerprint density at radius 1 is 0.778 bits per heavy atom. The van der Waals surface area contributed by atoms with Crippen molar-refractivity contribution in [1.29, 1.82) is 0 Å². The lowest BCUT2D eigenvalue weighted by atomic mass is 9.74. The van der Waals surface area contributed by atoms with E-state index in [0.29, 0.717) is 67.9 Å². The Bertz CT molecular complexity index is 1630. The molecule has 1 aliphatic heterocycles. The number of methoxy groups -OCH3 is 4. The molecule has 5 rings (SSSR count). The van der Waals surface area contributed by atoms with Crippen molar-refractivity contribution in [1.82, 2.24) is 0 Å². The molecule has 0 spiro atoms. The Morgan fingerprint density at radius 3 is 1.98 bits per heavy atom. The Hall–Kier alpha value is -4.86. The molecule has 3 aromatic carbocycles. The summed E-state index contributed by atoms with van der Waals surface area (Å²) in [6.45, 7) is 7.36. The lowest BCUT2D eigenvalue weighted by molar-refractivity contribution is -0.149. The average Bonchev–Trinajstić information content (AvgIpc) is 3.55. The van der Waals surface area contributed by atoms with Crippen molar-refractivity contribution in [2.45, 2.75) is 39.9 Å². The van der Waals surface area contributed by atoms with Gasteiger partial charge in [-0.25, -0.2) is 9.59 Å². The molecular formula is C35H38O10. The summed E-state index contributed by atoms with van der Waals surface area (Å²) >= 11 is 0. The van der Waals surface area contributed by atoms with Crippen LogP contribution in [0.3, 0.4) is 0 Å². The maximum atomic E-state index is 13.6. The first kappa shape index (κ1) is 31.6. The van der Waals surface area contributed by atoms with Gasteiger partial charge in [-0.05, 0) is 38.1 Å². The SMILES string of the molecule is C/C=C(\C)C(=O)O[C@H]1c2cc(OC)c(OC)c(OC)c2-c2c(cc3c(c2OC)OCO3)[C@H](OC(=O)c2ccccc2)[C@H](C)[C@H]1C. The Labute approximate surface area is 262 Å². The van der Waals surface area contributed by atoms with Gasteiger partial charge in [0.2, 0.25) is 18.3 Å². The van der Waals surface area contributed by atoms with E-state index < -0.39 is 36.0 Å². The molecule has 0 bridgehead atoms. The van der Waals surface area contributed by atoms with Gasteiger partial charge in [0.25, 0.3) is 0 Å². The van der Waals surface area contributed by atoms with Crippen molar-refractivity contribution < 1.29 is 47.5 Å². The van der Waals surface area contributed by atoms with Gasteiger partial charge in [-0.3, -0.25) is 0 Å². The molecule has 2 aliphatic rings. The van der Waals surface area contributed by atoms with E-state index in [-0.39, 0.29) is 6.79 Å². The normalized spacial score (nSPS) is 20.1. The van der Waals surface area contributed by atoms with E-state index in [0.717, 1.165) is 0 Å². The van der Waals surface area contributed by atoms with Gasteiger partial charge >= 0.3 is 11.9 Å². The topological polar surface area (TPSA) is 108 Å². The van der Waals surface area contributed by atoms with Gasteiger partial charge in [0.15, 0.2) is 23.0 Å². The van der Waals surface area contributed by atoms with Crippen LogP contribution in [0.1, 0.15) is 61.4 Å². The first-order chi connectivity index (χ1) is 21.7. The summed E-state index contributed by atoms with van der Waals surface area (Å²) in [6.07, 6.45) is 0.00664. The van der Waals surface area contributed by atoms with Gasteiger partial charge in [0, 0.05) is 39.7 Å². The number of carbonyl (C=O) groups excluding carboxylic acids is 2. The summed E-state index contributed by atoms with van der Waals surface area (Å²) in [5.74, 6) is 0.386. The molecule has 3 aromatic rings. The molecule has 1 aliphatic carbocycles. The predicted molar refractivity (Wildman–Crippen MR) is 165 cm³/mol. The third-order valence-electron chi connectivity index (χ3n) is 8.59. The fraction of sp³-hybridized carbons (Fsp3) is 0.371. The van der Waals surface area contributed by atoms with Crippen LogP contribution in [-0.2, 0) is 14.3 Å². The minimum Gasteiger partial charge on any atom is -0.493 e. The summed E-state index contributed by atoms with van der Waals surface area (Å²) in [5, 5.41) is 0. The summed E-state index contributed by atoms with van der Waals surface area (Å²) in [7, 11) is 6.07. The largest absolute Gasteiger partial charge is 0.493 e. The molecule has 1 heterocycles. The summed E-state index contributed by atoms with van der Waals surface area (Å²) < 4.78 is 47.9. The van der Waals surface area contributed by atoms with E-state index in [2.05, 4.69) is 0 Å². The molecule has 0 amide bonds. The van der Waals surface area contributed by atoms with E-state index in [9.17, 15) is 9.59 Å². The maximum Gasteiger partial charge on any atom is 0.338 e. The van der Waals surface area contributed by atoms with Gasteiger partial charge in [0.05, 0.1) is 34.0 Å². The van der Waals surface area contributed by atoms with Crippen LogP contribution < -0.4 is 28.4 Å². The minimum atomic E-state index is -0.846. The van der Waals surface area contributed by atoms with Gasteiger partial charge in [-0.1, -0.05) is 38.1 Å². The van der Waals surface area contributed by atoms with Crippen LogP contribution in [0.15, 0.2) is 54.1 Å². The van der Waals surface area contributed by atoms with Crippen LogP contribution >= 0.6 is 0 Å². The second-order valence-corrected chi connectivity index (χ2v) is 10.9. The summed E-state index contributed by atoms with van der Waals surface area (Å²) in [6, 6.07) is 12.4. The second-order valence-electron chi connectivity index (χ2n) is 10.9. The third kappa shape index (κ3) is 5.49. The van der Waals surface area contributed by atoms with E-state index in [1.54, 1.807) is 50.3 Å². The maximum absolute atomic E-state index is 13.6. The number of fused-ring (bicyclic) bond motifs is 4. The third-order valence-corrected chi connectivity index (χ3v) is 8.59. The molecule has 10 heteroatoms. The highest BCUT2D eigenvalue weighted by molar-refractivity contribution is 5.92. The zero-order valence-electron chi connectivity index (χ0n) is 26.7. The highest BCUT2D eigenvalue weighted by atomic mass is 16.7. The molecule has 0 saturated carbocycles.